The summed E-state index contributed by atoms with van der Waals surface area (Å²) < 4.78 is 6.79. The summed E-state index contributed by atoms with van der Waals surface area (Å²) in [6, 6.07) is 0. The van der Waals surface area contributed by atoms with Crippen molar-refractivity contribution in [1.82, 2.24) is 0 Å². The van der Waals surface area contributed by atoms with Crippen molar-refractivity contribution in [3.05, 3.63) is 0 Å². The van der Waals surface area contributed by atoms with Gasteiger partial charge in [0.2, 0.25) is 0 Å². The molecule has 0 spiro atoms. The summed E-state index contributed by atoms with van der Waals surface area (Å²) in [7, 11) is 0.386. The summed E-state index contributed by atoms with van der Waals surface area (Å²) >= 11 is 0. The van der Waals surface area contributed by atoms with Gasteiger partial charge in [0.1, 0.15) is 0 Å². The van der Waals surface area contributed by atoms with Crippen molar-refractivity contribution in [2.45, 2.75) is 213 Å². The third-order valence-corrected chi connectivity index (χ3v) is 26.2. The Morgan fingerprint density at radius 1 is 0.500 bits per heavy atom. The highest BCUT2D eigenvalue weighted by molar-refractivity contribution is 6.83. The molecule has 0 aromatic carbocycles. The van der Waals surface area contributed by atoms with E-state index in [9.17, 15) is 0 Å². The predicted molar refractivity (Wildman–Crippen MR) is 218 cm³/mol. The van der Waals surface area contributed by atoms with Crippen molar-refractivity contribution < 1.29 is 4.74 Å². The SMILES string of the molecule is COC1C(C(C)(C)C)CC2C(CC(C)C2[Si@@](C)(C2CCCCC2)C2C(C)CC3C2CC(C(C)(C)C)C[C@@H]3C2CCCCC2)[C@H]1C1CCCCC1. The average Bonchev–Trinajstić information content (AvgIpc) is 3.62. The Kier molecular flexibility index (Phi) is 11.5. The van der Waals surface area contributed by atoms with Crippen LogP contribution in [0.2, 0.25) is 23.2 Å². The second kappa shape index (κ2) is 15.0. The minimum absolute atomic E-state index is 0.319. The maximum atomic E-state index is 6.79. The second-order valence-electron chi connectivity index (χ2n) is 23.3. The van der Waals surface area contributed by atoms with E-state index in [2.05, 4.69) is 69.0 Å². The molecule has 0 radical (unpaired) electrons. The average molecular weight is 707 g/mol. The highest BCUT2D eigenvalue weighted by atomic mass is 28.3. The van der Waals surface area contributed by atoms with Gasteiger partial charge in [0.25, 0.3) is 0 Å². The molecule has 0 aromatic heterocycles. The van der Waals surface area contributed by atoms with Crippen LogP contribution in [0.3, 0.4) is 0 Å². The molecule has 2 heteroatoms. The van der Waals surface area contributed by atoms with Crippen molar-refractivity contribution in [2.24, 2.45) is 81.8 Å². The maximum Gasteiger partial charge on any atom is 0.0638 e. The van der Waals surface area contributed by atoms with E-state index in [-0.39, 0.29) is 0 Å². The molecular formula is C48H86OSi. The van der Waals surface area contributed by atoms with Crippen molar-refractivity contribution in [2.75, 3.05) is 7.11 Å². The van der Waals surface area contributed by atoms with E-state index in [1.807, 2.05) is 0 Å². The zero-order chi connectivity index (χ0) is 35.6. The van der Waals surface area contributed by atoms with Crippen molar-refractivity contribution in [1.29, 1.82) is 0 Å². The van der Waals surface area contributed by atoms with Gasteiger partial charge in [-0.15, -0.1) is 0 Å². The van der Waals surface area contributed by atoms with Gasteiger partial charge in [0, 0.05) is 7.11 Å². The van der Waals surface area contributed by atoms with E-state index in [1.54, 1.807) is 44.9 Å². The Bertz CT molecular complexity index is 1100. The highest BCUT2D eigenvalue weighted by Crippen LogP contribution is 2.72. The van der Waals surface area contributed by atoms with Crippen LogP contribution in [0.1, 0.15) is 184 Å². The molecule has 7 aliphatic carbocycles. The molecule has 0 aliphatic heterocycles. The molecule has 0 heterocycles. The predicted octanol–water partition coefficient (Wildman–Crippen LogP) is 14.6. The van der Waals surface area contributed by atoms with E-state index in [4.69, 9.17) is 4.74 Å². The number of ether oxygens (including phenoxy) is 1. The van der Waals surface area contributed by atoms with Crippen LogP contribution >= 0.6 is 0 Å². The first-order chi connectivity index (χ1) is 23.7. The molecular weight excluding hydrogens is 621 g/mol. The topological polar surface area (TPSA) is 9.23 Å². The third kappa shape index (κ3) is 6.95. The van der Waals surface area contributed by atoms with Gasteiger partial charge in [0.05, 0.1) is 14.2 Å². The number of rotatable bonds is 6. The largest absolute Gasteiger partial charge is 0.381 e. The molecule has 7 rings (SSSR count). The van der Waals surface area contributed by atoms with Gasteiger partial charge in [0.15, 0.2) is 0 Å². The summed E-state index contributed by atoms with van der Waals surface area (Å²) in [5, 5.41) is 0. The summed E-state index contributed by atoms with van der Waals surface area (Å²) in [5.41, 5.74) is 3.96. The number of hydrogen-bond donors (Lipinski definition) is 0. The summed E-state index contributed by atoms with van der Waals surface area (Å²) in [5.74, 6) is 11.3. The number of methoxy groups -OCH3 is 1. The van der Waals surface area contributed by atoms with Crippen molar-refractivity contribution in [3.8, 4) is 0 Å². The fraction of sp³-hybridized carbons (Fsp3) is 1.00. The first kappa shape index (κ1) is 38.5. The minimum atomic E-state index is -1.73. The Morgan fingerprint density at radius 3 is 1.50 bits per heavy atom. The van der Waals surface area contributed by atoms with Crippen molar-refractivity contribution >= 4 is 8.07 Å². The molecule has 0 N–H and O–H groups in total. The molecule has 0 aromatic rings. The molecule has 7 saturated carbocycles. The Labute approximate surface area is 313 Å². The maximum absolute atomic E-state index is 6.79. The van der Waals surface area contributed by atoms with Gasteiger partial charge < -0.3 is 4.74 Å². The molecule has 14 atom stereocenters. The molecule has 288 valence electrons. The van der Waals surface area contributed by atoms with E-state index in [0.717, 1.165) is 81.7 Å². The van der Waals surface area contributed by atoms with Crippen molar-refractivity contribution in [3.63, 3.8) is 0 Å². The van der Waals surface area contributed by atoms with Crippen LogP contribution in [-0.4, -0.2) is 21.3 Å². The van der Waals surface area contributed by atoms with E-state index >= 15 is 0 Å². The van der Waals surface area contributed by atoms with Crippen LogP contribution in [0, 0.1) is 81.8 Å². The van der Waals surface area contributed by atoms with Gasteiger partial charge in [-0.05, 0) is 131 Å². The molecule has 7 aliphatic rings. The quantitative estimate of drug-likeness (QED) is 0.250. The van der Waals surface area contributed by atoms with Crippen LogP contribution in [0.4, 0.5) is 0 Å². The van der Waals surface area contributed by atoms with E-state index in [1.165, 1.54) is 83.5 Å². The second-order valence-corrected chi connectivity index (χ2v) is 28.2. The first-order valence-corrected chi connectivity index (χ1v) is 26.0. The van der Waals surface area contributed by atoms with Gasteiger partial charge in [-0.3, -0.25) is 0 Å². The smallest absolute Gasteiger partial charge is 0.0638 e. The Hall–Kier alpha value is 0.177. The van der Waals surface area contributed by atoms with Gasteiger partial charge in [-0.2, -0.15) is 0 Å². The molecule has 0 bridgehead atoms. The van der Waals surface area contributed by atoms with Crippen LogP contribution < -0.4 is 0 Å². The lowest BCUT2D eigenvalue weighted by Gasteiger charge is -2.58. The lowest BCUT2D eigenvalue weighted by molar-refractivity contribution is -0.117. The summed E-state index contributed by atoms with van der Waals surface area (Å²) in [6.07, 6.45) is 31.1. The van der Waals surface area contributed by atoms with Crippen LogP contribution in [0.15, 0.2) is 0 Å². The fourth-order valence-corrected chi connectivity index (χ4v) is 25.6. The Morgan fingerprint density at radius 2 is 0.980 bits per heavy atom. The van der Waals surface area contributed by atoms with Crippen LogP contribution in [0.5, 0.6) is 0 Å². The molecule has 1 nitrogen and oxygen atoms in total. The minimum Gasteiger partial charge on any atom is -0.381 e. The fourth-order valence-electron chi connectivity index (χ4n) is 17.1. The van der Waals surface area contributed by atoms with Crippen LogP contribution in [-0.2, 0) is 4.74 Å². The summed E-state index contributed by atoms with van der Waals surface area (Å²) in [6.45, 7) is 24.5. The van der Waals surface area contributed by atoms with Crippen LogP contribution in [0.25, 0.3) is 0 Å². The standard InChI is InChI=1S/C48H86OSi/c1-31-26-38-37(33-20-14-11-15-21-33)28-35(47(3,4)5)29-40(38)45(31)50(10,36-24-18-13-19-25-36)46-32(2)27-39-41(46)30-42(48(6,7)8)44(49-9)43(39)34-22-16-12-17-23-34/h31-46H,11-30H2,1-10H3/t31?,32?,35?,37-,38?,39?,40?,41?,42?,43-,44?,45?,46?,50+/m1/s1. The van der Waals surface area contributed by atoms with Gasteiger partial charge in [-0.25, -0.2) is 0 Å². The normalized spacial score (nSPS) is 45.6. The van der Waals surface area contributed by atoms with E-state index < -0.39 is 8.07 Å². The lowest BCUT2D eigenvalue weighted by Crippen LogP contribution is -2.56. The zero-order valence-electron chi connectivity index (χ0n) is 35.3. The Balaban J connectivity index is 1.31. The number of hydrogen-bond acceptors (Lipinski definition) is 1. The van der Waals surface area contributed by atoms with E-state index in [0.29, 0.717) is 22.9 Å². The molecule has 7 fully saturated rings. The third-order valence-electron chi connectivity index (χ3n) is 19.0. The molecule has 50 heavy (non-hydrogen) atoms. The monoisotopic (exact) mass is 707 g/mol. The van der Waals surface area contributed by atoms with Gasteiger partial charge >= 0.3 is 0 Å². The number of fused-ring (bicyclic) bond motifs is 2. The summed E-state index contributed by atoms with van der Waals surface area (Å²) in [4.78, 5) is 0. The molecule has 11 unspecified atom stereocenters. The molecule has 0 amide bonds. The first-order valence-electron chi connectivity index (χ1n) is 23.3. The zero-order valence-corrected chi connectivity index (χ0v) is 36.3. The molecule has 0 saturated heterocycles. The van der Waals surface area contributed by atoms with Gasteiger partial charge in [-0.1, -0.05) is 158 Å². The lowest BCUT2D eigenvalue weighted by atomic mass is 9.56. The highest BCUT2D eigenvalue weighted by Gasteiger charge is 2.66.